The van der Waals surface area contributed by atoms with Gasteiger partial charge in [-0.1, -0.05) is 30.3 Å². The van der Waals surface area contributed by atoms with Crippen LogP contribution in [0.5, 0.6) is 11.5 Å². The minimum absolute atomic E-state index is 0.144. The van der Waals surface area contributed by atoms with Gasteiger partial charge in [-0.15, -0.1) is 11.3 Å². The highest BCUT2D eigenvalue weighted by Gasteiger charge is 2.17. The third kappa shape index (κ3) is 4.40. The molecule has 3 N–H and O–H groups in total. The summed E-state index contributed by atoms with van der Waals surface area (Å²) >= 11 is 1.61. The molecule has 162 valence electrons. The molecule has 6 nitrogen and oxygen atoms in total. The second kappa shape index (κ2) is 8.72. The Hall–Kier alpha value is -4.23. The van der Waals surface area contributed by atoms with Crippen LogP contribution in [-0.4, -0.2) is 26.1 Å². The maximum Gasteiger partial charge on any atom is 0.230 e. The van der Waals surface area contributed by atoms with Gasteiger partial charge in [0.15, 0.2) is 5.82 Å². The number of hydrogen-bond acceptors (Lipinski definition) is 6. The van der Waals surface area contributed by atoms with E-state index >= 15 is 0 Å². The van der Waals surface area contributed by atoms with E-state index in [0.29, 0.717) is 17.2 Å². The number of phenolic OH excluding ortho intramolecular Hbond substituents is 2. The fourth-order valence-corrected chi connectivity index (χ4v) is 4.52. The van der Waals surface area contributed by atoms with Gasteiger partial charge in [-0.3, -0.25) is 4.79 Å². The van der Waals surface area contributed by atoms with E-state index in [1.165, 1.54) is 0 Å². The number of phenols is 2. The van der Waals surface area contributed by atoms with Crippen molar-refractivity contribution in [3.05, 3.63) is 89.9 Å². The Morgan fingerprint density at radius 1 is 0.909 bits per heavy atom. The molecule has 0 fully saturated rings. The molecular weight excluding hydrogens is 434 g/mol. The number of amides is 1. The fourth-order valence-electron chi connectivity index (χ4n) is 3.58. The van der Waals surface area contributed by atoms with Crippen molar-refractivity contribution in [2.24, 2.45) is 0 Å². The van der Waals surface area contributed by atoms with Crippen molar-refractivity contribution in [1.82, 2.24) is 9.97 Å². The Bertz CT molecular complexity index is 1440. The van der Waals surface area contributed by atoms with Crippen LogP contribution in [0, 0.1) is 0 Å². The van der Waals surface area contributed by atoms with Gasteiger partial charge in [-0.2, -0.15) is 0 Å². The first-order valence-corrected chi connectivity index (χ1v) is 11.2. The van der Waals surface area contributed by atoms with E-state index in [9.17, 15) is 15.0 Å². The lowest BCUT2D eigenvalue weighted by molar-refractivity contribution is -0.115. The van der Waals surface area contributed by atoms with E-state index in [4.69, 9.17) is 4.98 Å². The largest absolute Gasteiger partial charge is 0.508 e. The predicted octanol–water partition coefficient (Wildman–Crippen LogP) is 5.62. The van der Waals surface area contributed by atoms with Gasteiger partial charge >= 0.3 is 0 Å². The summed E-state index contributed by atoms with van der Waals surface area (Å²) in [6.07, 6.45) is 1.76. The zero-order chi connectivity index (χ0) is 22.8. The Morgan fingerprint density at radius 2 is 1.61 bits per heavy atom. The molecule has 7 heteroatoms. The van der Waals surface area contributed by atoms with Crippen molar-refractivity contribution in [3.8, 4) is 34.0 Å². The fraction of sp³-hybridized carbons (Fsp3) is 0.0385. The summed E-state index contributed by atoms with van der Waals surface area (Å²) in [5, 5.41) is 25.0. The molecule has 5 aromatic rings. The normalized spacial score (nSPS) is 10.9. The van der Waals surface area contributed by atoms with Crippen LogP contribution in [0.25, 0.3) is 32.6 Å². The first kappa shape index (κ1) is 20.7. The van der Waals surface area contributed by atoms with Gasteiger partial charge in [0.05, 0.1) is 18.3 Å². The lowest BCUT2D eigenvalue weighted by Crippen LogP contribution is -2.16. The van der Waals surface area contributed by atoms with Crippen molar-refractivity contribution in [1.29, 1.82) is 0 Å². The Kier molecular flexibility index (Phi) is 5.46. The SMILES string of the molecule is O=C(Cc1ccc(O)cc1)Nc1ncc(-c2ccc(O)cc2)nc1-c1csc2ccccc12. The highest BCUT2D eigenvalue weighted by Crippen LogP contribution is 2.37. The highest BCUT2D eigenvalue weighted by molar-refractivity contribution is 7.17. The molecule has 0 saturated heterocycles. The van der Waals surface area contributed by atoms with Gasteiger partial charge < -0.3 is 15.5 Å². The maximum atomic E-state index is 12.8. The first-order valence-electron chi connectivity index (χ1n) is 10.3. The van der Waals surface area contributed by atoms with E-state index < -0.39 is 0 Å². The van der Waals surface area contributed by atoms with Crippen molar-refractivity contribution in [2.75, 3.05) is 5.32 Å². The number of fused-ring (bicyclic) bond motifs is 1. The standard InChI is InChI=1S/C26H19N3O3S/c30-18-9-5-16(6-10-18)13-24(32)29-26-25(21-15-33-23-4-2-1-3-20(21)23)28-22(14-27-26)17-7-11-19(31)12-8-17/h1-12,14-15,30-31H,13H2,(H,27,29,32). The zero-order valence-corrected chi connectivity index (χ0v) is 18.2. The minimum atomic E-state index is -0.229. The van der Waals surface area contributed by atoms with Crippen LogP contribution in [0.15, 0.2) is 84.4 Å². The molecule has 0 atom stereocenters. The lowest BCUT2D eigenvalue weighted by atomic mass is 10.1. The van der Waals surface area contributed by atoms with Crippen LogP contribution >= 0.6 is 11.3 Å². The zero-order valence-electron chi connectivity index (χ0n) is 17.4. The molecule has 0 saturated carbocycles. The average Bonchev–Trinajstić information content (AvgIpc) is 3.25. The third-order valence-electron chi connectivity index (χ3n) is 5.23. The second-order valence-corrected chi connectivity index (χ2v) is 8.45. The number of carbonyl (C=O) groups excluding carboxylic acids is 1. The summed E-state index contributed by atoms with van der Waals surface area (Å²) < 4.78 is 1.12. The molecule has 0 bridgehead atoms. The van der Waals surface area contributed by atoms with E-state index in [-0.39, 0.29) is 23.8 Å². The molecule has 0 aliphatic carbocycles. The number of nitrogens with one attached hydrogen (secondary N) is 1. The first-order chi connectivity index (χ1) is 16.1. The molecule has 0 unspecified atom stereocenters. The molecule has 2 heterocycles. The molecule has 0 aliphatic rings. The second-order valence-electron chi connectivity index (χ2n) is 7.54. The van der Waals surface area contributed by atoms with E-state index in [1.807, 2.05) is 29.6 Å². The molecule has 0 radical (unpaired) electrons. The van der Waals surface area contributed by atoms with Crippen LogP contribution in [-0.2, 0) is 11.2 Å². The summed E-state index contributed by atoms with van der Waals surface area (Å²) in [5.41, 5.74) is 3.70. The molecule has 0 aliphatic heterocycles. The smallest absolute Gasteiger partial charge is 0.230 e. The summed E-state index contributed by atoms with van der Waals surface area (Å²) in [5.74, 6) is 0.480. The Labute approximate surface area is 193 Å². The molecule has 3 aromatic carbocycles. The van der Waals surface area contributed by atoms with Gasteiger partial charge in [0.1, 0.15) is 17.2 Å². The molecule has 5 rings (SSSR count). The molecule has 33 heavy (non-hydrogen) atoms. The summed E-state index contributed by atoms with van der Waals surface area (Å²) in [6, 6.07) is 21.3. The number of aromatic hydroxyl groups is 2. The Balaban J connectivity index is 1.54. The minimum Gasteiger partial charge on any atom is -0.508 e. The maximum absolute atomic E-state index is 12.8. The number of rotatable bonds is 5. The van der Waals surface area contributed by atoms with Crippen LogP contribution < -0.4 is 5.32 Å². The number of carbonyl (C=O) groups is 1. The summed E-state index contributed by atoms with van der Waals surface area (Å²) in [6.45, 7) is 0. The summed E-state index contributed by atoms with van der Waals surface area (Å²) in [7, 11) is 0. The number of nitrogens with zero attached hydrogens (tertiary/aromatic N) is 2. The molecular formula is C26H19N3O3S. The van der Waals surface area contributed by atoms with Gasteiger partial charge in [0.25, 0.3) is 0 Å². The van der Waals surface area contributed by atoms with Gasteiger partial charge in [-0.25, -0.2) is 9.97 Å². The number of benzene rings is 3. The highest BCUT2D eigenvalue weighted by atomic mass is 32.1. The van der Waals surface area contributed by atoms with E-state index in [1.54, 1.807) is 66.1 Å². The molecule has 2 aromatic heterocycles. The topological polar surface area (TPSA) is 95.3 Å². The average molecular weight is 454 g/mol. The van der Waals surface area contributed by atoms with Crippen LogP contribution in [0.2, 0.25) is 0 Å². The number of hydrogen-bond donors (Lipinski definition) is 3. The number of anilines is 1. The van der Waals surface area contributed by atoms with Crippen LogP contribution in [0.1, 0.15) is 5.56 Å². The van der Waals surface area contributed by atoms with Gasteiger partial charge in [0.2, 0.25) is 5.91 Å². The Morgan fingerprint density at radius 3 is 2.36 bits per heavy atom. The quantitative estimate of drug-likeness (QED) is 0.321. The van der Waals surface area contributed by atoms with Crippen molar-refractivity contribution in [3.63, 3.8) is 0 Å². The third-order valence-corrected chi connectivity index (χ3v) is 6.19. The molecule has 1 amide bonds. The van der Waals surface area contributed by atoms with Crippen molar-refractivity contribution >= 4 is 33.1 Å². The van der Waals surface area contributed by atoms with E-state index in [2.05, 4.69) is 10.3 Å². The lowest BCUT2D eigenvalue weighted by Gasteiger charge is -2.12. The van der Waals surface area contributed by atoms with Gasteiger partial charge in [-0.05, 0) is 48.0 Å². The number of aromatic nitrogens is 2. The van der Waals surface area contributed by atoms with Crippen molar-refractivity contribution in [2.45, 2.75) is 6.42 Å². The number of thiophene rings is 1. The predicted molar refractivity (Wildman–Crippen MR) is 130 cm³/mol. The summed E-state index contributed by atoms with van der Waals surface area (Å²) in [4.78, 5) is 22.2. The monoisotopic (exact) mass is 453 g/mol. The molecule has 0 spiro atoms. The van der Waals surface area contributed by atoms with Gasteiger partial charge in [0, 0.05) is 26.6 Å². The van der Waals surface area contributed by atoms with Crippen LogP contribution in [0.4, 0.5) is 5.82 Å². The van der Waals surface area contributed by atoms with E-state index in [0.717, 1.165) is 26.8 Å². The van der Waals surface area contributed by atoms with Crippen LogP contribution in [0.3, 0.4) is 0 Å². The van der Waals surface area contributed by atoms with Crippen molar-refractivity contribution < 1.29 is 15.0 Å².